The molecule has 0 aliphatic heterocycles. The van der Waals surface area contributed by atoms with Gasteiger partial charge in [0.15, 0.2) is 5.69 Å². The third kappa shape index (κ3) is 3.73. The third-order valence-corrected chi connectivity index (χ3v) is 5.27. The van der Waals surface area contributed by atoms with Crippen LogP contribution < -0.4 is 10.3 Å². The molecule has 0 aliphatic rings. The SMILES string of the molecule is Cc1nc2nc[nH]n2c(=O)c1N=Nc1ccc(S(=O)(=O)Nc2ccccn2)cc1. The molecule has 0 spiro atoms. The molecule has 4 rings (SSSR count). The van der Waals surface area contributed by atoms with Crippen molar-refractivity contribution >= 4 is 33.0 Å². The lowest BCUT2D eigenvalue weighted by Gasteiger charge is -2.06. The van der Waals surface area contributed by atoms with Crippen LogP contribution in [0.1, 0.15) is 5.69 Å². The lowest BCUT2D eigenvalue weighted by molar-refractivity contribution is 0.601. The summed E-state index contributed by atoms with van der Waals surface area (Å²) in [6.07, 6.45) is 2.84. The first kappa shape index (κ1) is 18.4. The summed E-state index contributed by atoms with van der Waals surface area (Å²) in [4.78, 5) is 24.5. The summed E-state index contributed by atoms with van der Waals surface area (Å²) in [5.41, 5.74) is 0.368. The fraction of sp³-hybridized carbons (Fsp3) is 0.0588. The number of aryl methyl sites for hydroxylation is 1. The summed E-state index contributed by atoms with van der Waals surface area (Å²) in [5.74, 6) is 0.454. The predicted molar refractivity (Wildman–Crippen MR) is 104 cm³/mol. The summed E-state index contributed by atoms with van der Waals surface area (Å²) in [7, 11) is -3.79. The van der Waals surface area contributed by atoms with Gasteiger partial charge in [0.1, 0.15) is 12.1 Å². The molecular weight excluding hydrogens is 396 g/mol. The zero-order valence-corrected chi connectivity index (χ0v) is 15.8. The molecule has 146 valence electrons. The third-order valence-electron chi connectivity index (χ3n) is 3.90. The molecule has 29 heavy (non-hydrogen) atoms. The van der Waals surface area contributed by atoms with Gasteiger partial charge in [-0.3, -0.25) is 14.6 Å². The molecule has 1 aromatic carbocycles. The van der Waals surface area contributed by atoms with E-state index in [2.05, 4.69) is 35.0 Å². The highest BCUT2D eigenvalue weighted by Gasteiger charge is 2.15. The number of anilines is 1. The highest BCUT2D eigenvalue weighted by atomic mass is 32.2. The number of azo groups is 1. The molecule has 0 amide bonds. The van der Waals surface area contributed by atoms with Crippen molar-refractivity contribution in [3.05, 3.63) is 71.0 Å². The average Bonchev–Trinajstić information content (AvgIpc) is 3.17. The molecule has 11 nitrogen and oxygen atoms in total. The fourth-order valence-corrected chi connectivity index (χ4v) is 3.49. The number of benzene rings is 1. The van der Waals surface area contributed by atoms with Gasteiger partial charge in [0.25, 0.3) is 15.8 Å². The summed E-state index contributed by atoms with van der Waals surface area (Å²) in [5, 5.41) is 10.6. The second kappa shape index (κ2) is 7.24. The van der Waals surface area contributed by atoms with Crippen LogP contribution in [0.5, 0.6) is 0 Å². The molecular formula is C17H14N8O3S. The van der Waals surface area contributed by atoms with Gasteiger partial charge < -0.3 is 0 Å². The maximum Gasteiger partial charge on any atom is 0.302 e. The van der Waals surface area contributed by atoms with Gasteiger partial charge >= 0.3 is 5.56 Å². The van der Waals surface area contributed by atoms with E-state index in [0.717, 1.165) is 4.52 Å². The van der Waals surface area contributed by atoms with Crippen LogP contribution in [0.3, 0.4) is 0 Å². The standard InChI is InChI=1S/C17H14N8O3S/c1-11-15(16(26)25-17(21-11)19-10-20-25)23-22-12-5-7-13(8-6-12)29(27,28)24-14-4-2-3-9-18-14/h2-10H,1H3,(H,18,24)(H,19,20,21). The first-order valence-corrected chi connectivity index (χ1v) is 9.81. The van der Waals surface area contributed by atoms with E-state index in [1.807, 2.05) is 0 Å². The number of aromatic amines is 1. The Bertz CT molecular complexity index is 1360. The van der Waals surface area contributed by atoms with Crippen LogP contribution >= 0.6 is 0 Å². The van der Waals surface area contributed by atoms with Crippen molar-refractivity contribution in [3.63, 3.8) is 0 Å². The Kier molecular flexibility index (Phi) is 4.60. The molecule has 12 heteroatoms. The topological polar surface area (TPSA) is 147 Å². The van der Waals surface area contributed by atoms with Crippen molar-refractivity contribution < 1.29 is 8.42 Å². The van der Waals surface area contributed by atoms with E-state index < -0.39 is 15.6 Å². The van der Waals surface area contributed by atoms with Crippen molar-refractivity contribution in [2.75, 3.05) is 4.72 Å². The van der Waals surface area contributed by atoms with Crippen LogP contribution in [0.4, 0.5) is 17.2 Å². The maximum absolute atomic E-state index is 12.4. The Hall–Kier alpha value is -3.93. The summed E-state index contributed by atoms with van der Waals surface area (Å²) in [6.45, 7) is 1.63. The number of nitrogens with zero attached hydrogens (tertiary/aromatic N) is 6. The molecule has 0 atom stereocenters. The maximum atomic E-state index is 12.4. The largest absolute Gasteiger partial charge is 0.302 e. The van der Waals surface area contributed by atoms with Crippen LogP contribution in [0.2, 0.25) is 0 Å². The molecule has 0 radical (unpaired) electrons. The summed E-state index contributed by atoms with van der Waals surface area (Å²) >= 11 is 0. The average molecular weight is 410 g/mol. The second-order valence-corrected chi connectivity index (χ2v) is 7.57. The first-order valence-electron chi connectivity index (χ1n) is 8.32. The molecule has 4 aromatic rings. The molecule has 0 saturated carbocycles. The molecule has 0 fully saturated rings. The van der Waals surface area contributed by atoms with E-state index in [9.17, 15) is 13.2 Å². The van der Waals surface area contributed by atoms with Crippen molar-refractivity contribution in [1.29, 1.82) is 0 Å². The van der Waals surface area contributed by atoms with Gasteiger partial charge in [0.05, 0.1) is 16.3 Å². The smallest absolute Gasteiger partial charge is 0.278 e. The fourth-order valence-electron chi connectivity index (χ4n) is 2.49. The van der Waals surface area contributed by atoms with Crippen LogP contribution in [-0.4, -0.2) is 33.0 Å². The minimum absolute atomic E-state index is 0.0406. The number of rotatable bonds is 5. The van der Waals surface area contributed by atoms with Gasteiger partial charge in [-0.25, -0.2) is 23.4 Å². The Labute approximate surface area is 164 Å². The molecule has 3 aromatic heterocycles. The minimum Gasteiger partial charge on any atom is -0.278 e. The van der Waals surface area contributed by atoms with Gasteiger partial charge in [-0.05, 0) is 43.3 Å². The number of fused-ring (bicyclic) bond motifs is 1. The highest BCUT2D eigenvalue weighted by molar-refractivity contribution is 7.92. The number of nitrogens with one attached hydrogen (secondary N) is 2. The molecule has 2 N–H and O–H groups in total. The van der Waals surface area contributed by atoms with Gasteiger partial charge in [-0.2, -0.15) is 9.63 Å². The van der Waals surface area contributed by atoms with Gasteiger partial charge in [0.2, 0.25) is 0 Å². The van der Waals surface area contributed by atoms with Crippen LogP contribution in [-0.2, 0) is 10.0 Å². The van der Waals surface area contributed by atoms with E-state index in [0.29, 0.717) is 11.4 Å². The number of sulfonamides is 1. The quantitative estimate of drug-likeness (QED) is 0.483. The lowest BCUT2D eigenvalue weighted by atomic mass is 10.3. The van der Waals surface area contributed by atoms with Gasteiger partial charge in [-0.15, -0.1) is 5.11 Å². The van der Waals surface area contributed by atoms with E-state index >= 15 is 0 Å². The molecule has 0 unspecified atom stereocenters. The van der Waals surface area contributed by atoms with E-state index in [-0.39, 0.29) is 22.2 Å². The lowest BCUT2D eigenvalue weighted by Crippen LogP contribution is -2.16. The van der Waals surface area contributed by atoms with E-state index in [1.165, 1.54) is 36.8 Å². The minimum atomic E-state index is -3.79. The van der Waals surface area contributed by atoms with Crippen LogP contribution in [0.25, 0.3) is 5.78 Å². The van der Waals surface area contributed by atoms with Crippen molar-refractivity contribution in [3.8, 4) is 0 Å². The highest BCUT2D eigenvalue weighted by Crippen LogP contribution is 2.21. The van der Waals surface area contributed by atoms with E-state index in [1.54, 1.807) is 25.1 Å². The predicted octanol–water partition coefficient (Wildman–Crippen LogP) is 2.34. The Balaban J connectivity index is 1.58. The van der Waals surface area contributed by atoms with Crippen molar-refractivity contribution in [1.82, 2.24) is 24.6 Å². The zero-order valence-electron chi connectivity index (χ0n) is 15.0. The normalized spacial score (nSPS) is 11.9. The monoisotopic (exact) mass is 410 g/mol. The first-order chi connectivity index (χ1) is 13.9. The van der Waals surface area contributed by atoms with E-state index in [4.69, 9.17) is 0 Å². The van der Waals surface area contributed by atoms with Gasteiger partial charge in [-0.1, -0.05) is 6.07 Å². The number of hydrogen-bond donors (Lipinski definition) is 2. The number of hydrogen-bond acceptors (Lipinski definition) is 8. The number of aromatic nitrogens is 5. The molecule has 0 aliphatic carbocycles. The second-order valence-electron chi connectivity index (χ2n) is 5.89. The van der Waals surface area contributed by atoms with Crippen LogP contribution in [0, 0.1) is 6.92 Å². The Morgan fingerprint density at radius 1 is 1.07 bits per heavy atom. The molecule has 0 bridgehead atoms. The molecule has 0 saturated heterocycles. The van der Waals surface area contributed by atoms with Gasteiger partial charge in [0, 0.05) is 6.20 Å². The zero-order chi connectivity index (χ0) is 20.4. The number of H-pyrrole nitrogens is 1. The number of pyridine rings is 1. The Morgan fingerprint density at radius 2 is 1.86 bits per heavy atom. The van der Waals surface area contributed by atoms with Crippen molar-refractivity contribution in [2.24, 2.45) is 10.2 Å². The molecule has 3 heterocycles. The summed E-state index contributed by atoms with van der Waals surface area (Å²) in [6, 6.07) is 10.6. The Morgan fingerprint density at radius 3 is 2.59 bits per heavy atom. The van der Waals surface area contributed by atoms with Crippen LogP contribution in [0.15, 0.2) is 74.9 Å². The summed E-state index contributed by atoms with van der Waals surface area (Å²) < 4.78 is 28.4. The van der Waals surface area contributed by atoms with Crippen molar-refractivity contribution in [2.45, 2.75) is 11.8 Å².